The van der Waals surface area contributed by atoms with Crippen molar-refractivity contribution in [3.63, 3.8) is 0 Å². The van der Waals surface area contributed by atoms with Crippen LogP contribution in [0.1, 0.15) is 33.1 Å². The normalized spacial score (nSPS) is 53.8. The van der Waals surface area contributed by atoms with Crippen molar-refractivity contribution < 1.29 is 9.84 Å². The Hall–Kier alpha value is -0.0800. The van der Waals surface area contributed by atoms with Crippen LogP contribution in [0.25, 0.3) is 0 Å². The average Bonchev–Trinajstić information content (AvgIpc) is 2.28. The van der Waals surface area contributed by atoms with Gasteiger partial charge in [-0.15, -0.1) is 0 Å². The van der Waals surface area contributed by atoms with Crippen molar-refractivity contribution in [1.29, 1.82) is 0 Å². The quantitative estimate of drug-likeness (QED) is 0.600. The van der Waals surface area contributed by atoms with Crippen molar-refractivity contribution >= 4 is 0 Å². The van der Waals surface area contributed by atoms with Gasteiger partial charge in [0.25, 0.3) is 0 Å². The molecule has 0 radical (unpaired) electrons. The second kappa shape index (κ2) is 3.00. The van der Waals surface area contributed by atoms with Gasteiger partial charge >= 0.3 is 0 Å². The third-order valence-electron chi connectivity index (χ3n) is 3.54. The Morgan fingerprint density at radius 2 is 2.00 bits per heavy atom. The lowest BCUT2D eigenvalue weighted by Gasteiger charge is -2.29. The number of fused-ring (bicyclic) bond motifs is 1. The van der Waals surface area contributed by atoms with E-state index >= 15 is 0 Å². The standard InChI is InChI=1S/C10H18O2/c1-6-3-4-8-7(2)10(11)12-9(8)5-6/h6-11H,3-5H2,1-2H3/t6-,7?,8+,9-,10?/m1/s1. The van der Waals surface area contributed by atoms with E-state index in [0.29, 0.717) is 17.9 Å². The van der Waals surface area contributed by atoms with Crippen LogP contribution in [0, 0.1) is 17.8 Å². The van der Waals surface area contributed by atoms with E-state index < -0.39 is 6.29 Å². The summed E-state index contributed by atoms with van der Waals surface area (Å²) in [7, 11) is 0. The lowest BCUT2D eigenvalue weighted by Crippen LogP contribution is -2.27. The fourth-order valence-corrected chi connectivity index (χ4v) is 2.62. The fraction of sp³-hybridized carbons (Fsp3) is 1.00. The minimum absolute atomic E-state index is 0.346. The van der Waals surface area contributed by atoms with Crippen LogP contribution in [0.4, 0.5) is 0 Å². The lowest BCUT2D eigenvalue weighted by atomic mass is 9.77. The molecule has 2 nitrogen and oxygen atoms in total. The van der Waals surface area contributed by atoms with Crippen molar-refractivity contribution in [2.75, 3.05) is 0 Å². The van der Waals surface area contributed by atoms with Crippen molar-refractivity contribution in [3.8, 4) is 0 Å². The molecule has 70 valence electrons. The molecule has 5 atom stereocenters. The van der Waals surface area contributed by atoms with Crippen LogP contribution in [0.2, 0.25) is 0 Å². The summed E-state index contributed by atoms with van der Waals surface area (Å²) in [5, 5.41) is 9.49. The first-order chi connectivity index (χ1) is 5.68. The van der Waals surface area contributed by atoms with Gasteiger partial charge in [-0.3, -0.25) is 0 Å². The Labute approximate surface area is 73.9 Å². The lowest BCUT2D eigenvalue weighted by molar-refractivity contribution is -0.111. The molecule has 2 rings (SSSR count). The van der Waals surface area contributed by atoms with E-state index in [1.54, 1.807) is 0 Å². The number of ether oxygens (including phenoxy) is 1. The number of hydrogen-bond acceptors (Lipinski definition) is 2. The molecule has 1 saturated heterocycles. The number of rotatable bonds is 0. The Morgan fingerprint density at radius 3 is 2.75 bits per heavy atom. The summed E-state index contributed by atoms with van der Waals surface area (Å²) in [6.45, 7) is 4.38. The minimum Gasteiger partial charge on any atom is -0.368 e. The molecule has 0 spiro atoms. The average molecular weight is 170 g/mol. The van der Waals surface area contributed by atoms with Gasteiger partial charge in [0.15, 0.2) is 6.29 Å². The van der Waals surface area contributed by atoms with Crippen molar-refractivity contribution in [2.45, 2.75) is 45.5 Å². The van der Waals surface area contributed by atoms with Gasteiger partial charge in [-0.1, -0.05) is 20.3 Å². The molecule has 1 aliphatic carbocycles. The SMILES string of the molecule is CC1C(O)O[C@@H]2C[C@H](C)CC[C@@H]12. The van der Waals surface area contributed by atoms with Gasteiger partial charge in [0.05, 0.1) is 6.10 Å². The van der Waals surface area contributed by atoms with E-state index in [0.717, 1.165) is 12.3 Å². The number of aliphatic hydroxyl groups is 1. The number of hydrogen-bond donors (Lipinski definition) is 1. The molecule has 2 fully saturated rings. The maximum Gasteiger partial charge on any atom is 0.157 e. The van der Waals surface area contributed by atoms with Gasteiger partial charge in [-0.05, 0) is 24.7 Å². The summed E-state index contributed by atoms with van der Waals surface area (Å²) >= 11 is 0. The molecule has 0 aromatic rings. The first kappa shape index (κ1) is 8.52. The summed E-state index contributed by atoms with van der Waals surface area (Å²) in [6.07, 6.45) is 3.54. The van der Waals surface area contributed by atoms with Crippen LogP contribution in [0.3, 0.4) is 0 Å². The van der Waals surface area contributed by atoms with E-state index in [9.17, 15) is 5.11 Å². The molecule has 12 heavy (non-hydrogen) atoms. The van der Waals surface area contributed by atoms with Gasteiger partial charge in [-0.25, -0.2) is 0 Å². The summed E-state index contributed by atoms with van der Waals surface area (Å²) in [6, 6.07) is 0. The zero-order valence-electron chi connectivity index (χ0n) is 7.86. The Bertz CT molecular complexity index is 167. The van der Waals surface area contributed by atoms with Crippen LogP contribution >= 0.6 is 0 Å². The van der Waals surface area contributed by atoms with E-state index in [1.165, 1.54) is 12.8 Å². The van der Waals surface area contributed by atoms with Crippen LogP contribution < -0.4 is 0 Å². The van der Waals surface area contributed by atoms with Crippen molar-refractivity contribution in [2.24, 2.45) is 17.8 Å². The molecule has 1 N–H and O–H groups in total. The first-order valence-electron chi connectivity index (χ1n) is 5.02. The third kappa shape index (κ3) is 1.27. The topological polar surface area (TPSA) is 29.5 Å². The largest absolute Gasteiger partial charge is 0.368 e. The third-order valence-corrected chi connectivity index (χ3v) is 3.54. The summed E-state index contributed by atoms with van der Waals surface area (Å²) < 4.78 is 5.50. The summed E-state index contributed by atoms with van der Waals surface area (Å²) in [5.74, 6) is 1.75. The highest BCUT2D eigenvalue weighted by Crippen LogP contribution is 2.42. The second-order valence-corrected chi connectivity index (χ2v) is 4.51. The van der Waals surface area contributed by atoms with Gasteiger partial charge in [0, 0.05) is 5.92 Å². The van der Waals surface area contributed by atoms with Gasteiger partial charge in [0.2, 0.25) is 0 Å². The number of aliphatic hydroxyl groups excluding tert-OH is 1. The van der Waals surface area contributed by atoms with Gasteiger partial charge < -0.3 is 9.84 Å². The summed E-state index contributed by atoms with van der Waals surface area (Å²) in [5.41, 5.74) is 0. The molecular formula is C10H18O2. The van der Waals surface area contributed by atoms with Crippen LogP contribution in [0.5, 0.6) is 0 Å². The van der Waals surface area contributed by atoms with Crippen LogP contribution in [-0.4, -0.2) is 17.5 Å². The fourth-order valence-electron chi connectivity index (χ4n) is 2.62. The highest BCUT2D eigenvalue weighted by atomic mass is 16.6. The zero-order chi connectivity index (χ0) is 8.72. The Morgan fingerprint density at radius 1 is 1.25 bits per heavy atom. The molecule has 1 heterocycles. The van der Waals surface area contributed by atoms with Crippen molar-refractivity contribution in [3.05, 3.63) is 0 Å². The molecule has 0 amide bonds. The molecule has 0 bridgehead atoms. The molecule has 2 aliphatic rings. The Kier molecular flexibility index (Phi) is 2.13. The second-order valence-electron chi connectivity index (χ2n) is 4.51. The van der Waals surface area contributed by atoms with Gasteiger partial charge in [0.1, 0.15) is 0 Å². The van der Waals surface area contributed by atoms with Crippen molar-refractivity contribution in [1.82, 2.24) is 0 Å². The zero-order valence-corrected chi connectivity index (χ0v) is 7.86. The van der Waals surface area contributed by atoms with Gasteiger partial charge in [-0.2, -0.15) is 0 Å². The monoisotopic (exact) mass is 170 g/mol. The molecule has 2 heteroatoms. The molecule has 1 saturated carbocycles. The minimum atomic E-state index is -0.495. The molecule has 0 aromatic carbocycles. The van der Waals surface area contributed by atoms with Crippen LogP contribution in [0.15, 0.2) is 0 Å². The first-order valence-corrected chi connectivity index (χ1v) is 5.02. The van der Waals surface area contributed by atoms with Crippen LogP contribution in [-0.2, 0) is 4.74 Å². The maximum atomic E-state index is 9.49. The summed E-state index contributed by atoms with van der Waals surface area (Å²) in [4.78, 5) is 0. The highest BCUT2D eigenvalue weighted by molar-refractivity contribution is 4.88. The predicted octanol–water partition coefficient (Wildman–Crippen LogP) is 1.78. The predicted molar refractivity (Wildman–Crippen MR) is 46.5 cm³/mol. The van der Waals surface area contributed by atoms with E-state index in [4.69, 9.17) is 4.74 Å². The molecular weight excluding hydrogens is 152 g/mol. The smallest absolute Gasteiger partial charge is 0.157 e. The molecule has 0 aromatic heterocycles. The van der Waals surface area contributed by atoms with E-state index in [1.807, 2.05) is 0 Å². The molecule has 1 aliphatic heterocycles. The van der Waals surface area contributed by atoms with E-state index in [2.05, 4.69) is 13.8 Å². The van der Waals surface area contributed by atoms with E-state index in [-0.39, 0.29) is 0 Å². The Balaban J connectivity index is 2.04. The maximum absolute atomic E-state index is 9.49. The highest BCUT2D eigenvalue weighted by Gasteiger charge is 2.43. The molecule has 2 unspecified atom stereocenters.